The van der Waals surface area contributed by atoms with Crippen LogP contribution in [0.2, 0.25) is 0 Å². The third-order valence-corrected chi connectivity index (χ3v) is 4.61. The Labute approximate surface area is 156 Å². The molecule has 4 rings (SSSR count). The second kappa shape index (κ2) is 7.05. The molecule has 27 heavy (non-hydrogen) atoms. The molecule has 0 saturated carbocycles. The number of hydrogen-bond acceptors (Lipinski definition) is 3. The zero-order chi connectivity index (χ0) is 18.7. The highest BCUT2D eigenvalue weighted by molar-refractivity contribution is 5.94. The Balaban J connectivity index is 1.61. The third kappa shape index (κ3) is 3.32. The zero-order valence-corrected chi connectivity index (χ0v) is 14.6. The number of carbonyl (C=O) groups is 1. The first kappa shape index (κ1) is 17.0. The number of rotatable bonds is 5. The summed E-state index contributed by atoms with van der Waals surface area (Å²) < 4.78 is 0. The molecule has 0 aliphatic rings. The fourth-order valence-corrected chi connectivity index (χ4v) is 3.15. The van der Waals surface area contributed by atoms with Crippen molar-refractivity contribution in [3.05, 3.63) is 102 Å². The normalized spacial score (nSPS) is 11.4. The van der Waals surface area contributed by atoms with E-state index in [9.17, 15) is 9.90 Å². The number of imidazole rings is 1. The first-order chi connectivity index (χ1) is 13.2. The molecule has 134 valence electrons. The Bertz CT molecular complexity index is 986. The Kier molecular flexibility index (Phi) is 4.44. The van der Waals surface area contributed by atoms with E-state index in [1.165, 1.54) is 0 Å². The van der Waals surface area contributed by atoms with Crippen molar-refractivity contribution in [3.8, 4) is 0 Å². The monoisotopic (exact) mass is 357 g/mol. The molecule has 1 amide bonds. The van der Waals surface area contributed by atoms with Crippen LogP contribution in [-0.2, 0) is 5.60 Å². The molecule has 3 aromatic carbocycles. The number of fused-ring (bicyclic) bond motifs is 1. The molecular weight excluding hydrogens is 338 g/mol. The van der Waals surface area contributed by atoms with E-state index >= 15 is 0 Å². The van der Waals surface area contributed by atoms with Gasteiger partial charge in [-0.05, 0) is 23.3 Å². The van der Waals surface area contributed by atoms with Crippen molar-refractivity contribution in [2.75, 3.05) is 6.54 Å². The molecule has 0 atom stereocenters. The van der Waals surface area contributed by atoms with Crippen molar-refractivity contribution in [2.24, 2.45) is 0 Å². The summed E-state index contributed by atoms with van der Waals surface area (Å²) in [5, 5.41) is 14.3. The van der Waals surface area contributed by atoms with Crippen molar-refractivity contribution >= 4 is 16.9 Å². The molecular formula is C22H19N3O2. The topological polar surface area (TPSA) is 78.0 Å². The number of hydrogen-bond donors (Lipinski definition) is 3. The summed E-state index contributed by atoms with van der Waals surface area (Å²) in [5.74, 6) is -0.142. The zero-order valence-electron chi connectivity index (χ0n) is 14.6. The van der Waals surface area contributed by atoms with E-state index < -0.39 is 5.60 Å². The van der Waals surface area contributed by atoms with Gasteiger partial charge in [0.1, 0.15) is 5.60 Å². The smallest absolute Gasteiger partial charge is 0.287 e. The maximum atomic E-state index is 12.6. The van der Waals surface area contributed by atoms with E-state index in [1.807, 2.05) is 84.9 Å². The van der Waals surface area contributed by atoms with Gasteiger partial charge in [-0.25, -0.2) is 4.98 Å². The van der Waals surface area contributed by atoms with E-state index in [-0.39, 0.29) is 18.3 Å². The Hall–Kier alpha value is -3.44. The van der Waals surface area contributed by atoms with Gasteiger partial charge in [-0.15, -0.1) is 0 Å². The minimum Gasteiger partial charge on any atom is -0.379 e. The van der Waals surface area contributed by atoms with Gasteiger partial charge in [0.05, 0.1) is 17.6 Å². The number of nitrogens with zero attached hydrogens (tertiary/aromatic N) is 1. The standard InChI is InChI=1S/C22H19N3O2/c26-21(20-24-18-13-7-8-14-19(18)25-20)23-15-22(27,16-9-3-1-4-10-16)17-11-5-2-6-12-17/h1-14,27H,15H2,(H,23,26)(H,24,25). The molecule has 0 aliphatic heterocycles. The van der Waals surface area contributed by atoms with Gasteiger partial charge < -0.3 is 15.4 Å². The van der Waals surface area contributed by atoms with E-state index in [0.717, 1.165) is 11.0 Å². The number of aliphatic hydroxyl groups is 1. The molecule has 0 spiro atoms. The minimum atomic E-state index is -1.34. The number of amides is 1. The van der Waals surface area contributed by atoms with Crippen molar-refractivity contribution in [3.63, 3.8) is 0 Å². The lowest BCUT2D eigenvalue weighted by molar-refractivity contribution is 0.0691. The van der Waals surface area contributed by atoms with E-state index in [4.69, 9.17) is 0 Å². The Morgan fingerprint density at radius 1 is 0.889 bits per heavy atom. The van der Waals surface area contributed by atoms with Crippen LogP contribution in [0, 0.1) is 0 Å². The highest BCUT2D eigenvalue weighted by Crippen LogP contribution is 2.29. The molecule has 0 fully saturated rings. The van der Waals surface area contributed by atoms with Crippen molar-refractivity contribution in [2.45, 2.75) is 5.60 Å². The molecule has 1 heterocycles. The van der Waals surface area contributed by atoms with Crippen LogP contribution in [0.15, 0.2) is 84.9 Å². The average Bonchev–Trinajstić information content (AvgIpc) is 3.17. The number of aromatic nitrogens is 2. The molecule has 0 radical (unpaired) electrons. The van der Waals surface area contributed by atoms with Crippen LogP contribution in [0.4, 0.5) is 0 Å². The van der Waals surface area contributed by atoms with Crippen LogP contribution in [0.3, 0.4) is 0 Å². The molecule has 5 nitrogen and oxygen atoms in total. The molecule has 0 aliphatic carbocycles. The molecule has 5 heteroatoms. The van der Waals surface area contributed by atoms with Gasteiger partial charge in [-0.2, -0.15) is 0 Å². The van der Waals surface area contributed by atoms with Gasteiger partial charge in [0.2, 0.25) is 0 Å². The number of carbonyl (C=O) groups excluding carboxylic acids is 1. The maximum Gasteiger partial charge on any atom is 0.287 e. The fourth-order valence-electron chi connectivity index (χ4n) is 3.15. The van der Waals surface area contributed by atoms with Gasteiger partial charge in [0.25, 0.3) is 5.91 Å². The summed E-state index contributed by atoms with van der Waals surface area (Å²) in [6.07, 6.45) is 0. The quantitative estimate of drug-likeness (QED) is 0.513. The van der Waals surface area contributed by atoms with Crippen molar-refractivity contribution in [1.82, 2.24) is 15.3 Å². The number of H-pyrrole nitrogens is 1. The highest BCUT2D eigenvalue weighted by Gasteiger charge is 2.32. The predicted molar refractivity (Wildman–Crippen MR) is 104 cm³/mol. The number of benzene rings is 3. The maximum absolute atomic E-state index is 12.6. The van der Waals surface area contributed by atoms with Gasteiger partial charge in [0, 0.05) is 0 Å². The van der Waals surface area contributed by atoms with Crippen LogP contribution < -0.4 is 5.32 Å². The van der Waals surface area contributed by atoms with Crippen LogP contribution in [0.25, 0.3) is 11.0 Å². The number of para-hydroxylation sites is 2. The second-order valence-electron chi connectivity index (χ2n) is 6.38. The number of aromatic amines is 1. The van der Waals surface area contributed by atoms with Gasteiger partial charge in [0.15, 0.2) is 5.82 Å². The van der Waals surface area contributed by atoms with Crippen LogP contribution in [0.1, 0.15) is 21.7 Å². The van der Waals surface area contributed by atoms with Gasteiger partial charge >= 0.3 is 0 Å². The summed E-state index contributed by atoms with van der Waals surface area (Å²) in [5.41, 5.74) is 1.60. The third-order valence-electron chi connectivity index (χ3n) is 4.61. The van der Waals surface area contributed by atoms with Crippen molar-refractivity contribution in [1.29, 1.82) is 0 Å². The highest BCUT2D eigenvalue weighted by atomic mass is 16.3. The lowest BCUT2D eigenvalue weighted by Crippen LogP contribution is -2.42. The SMILES string of the molecule is O=C(NCC(O)(c1ccccc1)c1ccccc1)c1nc2ccccc2[nH]1. The van der Waals surface area contributed by atoms with Crippen LogP contribution in [0.5, 0.6) is 0 Å². The number of nitrogens with one attached hydrogen (secondary N) is 2. The summed E-state index contributed by atoms with van der Waals surface area (Å²) in [7, 11) is 0. The van der Waals surface area contributed by atoms with E-state index in [2.05, 4.69) is 15.3 Å². The first-order valence-electron chi connectivity index (χ1n) is 8.73. The Morgan fingerprint density at radius 2 is 1.44 bits per heavy atom. The molecule has 1 aromatic heterocycles. The summed E-state index contributed by atoms with van der Waals surface area (Å²) in [4.78, 5) is 19.9. The second-order valence-corrected chi connectivity index (χ2v) is 6.38. The fraction of sp³-hybridized carbons (Fsp3) is 0.0909. The molecule has 4 aromatic rings. The van der Waals surface area contributed by atoms with E-state index in [1.54, 1.807) is 0 Å². The summed E-state index contributed by atoms with van der Waals surface area (Å²) in [6.45, 7) is 0.0247. The van der Waals surface area contributed by atoms with E-state index in [0.29, 0.717) is 11.1 Å². The van der Waals surface area contributed by atoms with Crippen LogP contribution in [-0.4, -0.2) is 27.5 Å². The summed E-state index contributed by atoms with van der Waals surface area (Å²) in [6, 6.07) is 26.1. The largest absolute Gasteiger partial charge is 0.379 e. The lowest BCUT2D eigenvalue weighted by Gasteiger charge is -2.29. The minimum absolute atomic E-state index is 0.0247. The lowest BCUT2D eigenvalue weighted by atomic mass is 9.86. The predicted octanol–water partition coefficient (Wildman–Crippen LogP) is 3.23. The van der Waals surface area contributed by atoms with Crippen molar-refractivity contribution < 1.29 is 9.90 Å². The summed E-state index contributed by atoms with van der Waals surface area (Å²) >= 11 is 0. The molecule has 0 saturated heterocycles. The molecule has 3 N–H and O–H groups in total. The average molecular weight is 357 g/mol. The first-order valence-corrected chi connectivity index (χ1v) is 8.73. The molecule has 0 bridgehead atoms. The van der Waals surface area contributed by atoms with Crippen LogP contribution >= 0.6 is 0 Å². The van der Waals surface area contributed by atoms with Gasteiger partial charge in [-0.3, -0.25) is 4.79 Å². The van der Waals surface area contributed by atoms with Gasteiger partial charge in [-0.1, -0.05) is 72.8 Å². The Morgan fingerprint density at radius 3 is 2.04 bits per heavy atom. The molecule has 0 unspecified atom stereocenters.